The lowest BCUT2D eigenvalue weighted by Gasteiger charge is -2.02. The van der Waals surface area contributed by atoms with Gasteiger partial charge in [0.1, 0.15) is 17.3 Å². The number of aromatic nitrogens is 2. The summed E-state index contributed by atoms with van der Waals surface area (Å²) in [6, 6.07) is 5.42. The maximum absolute atomic E-state index is 12.2. The molecular formula is C16H16N4O5S3. The van der Waals surface area contributed by atoms with Crippen molar-refractivity contribution in [3.8, 4) is 5.75 Å². The SMILES string of the molecule is COc1ccc2c(c1)sc(=NC(=O)CS(=O)(=O)CC(=O)Nc1nccs1)n2C. The van der Waals surface area contributed by atoms with Crippen LogP contribution in [0.25, 0.3) is 10.2 Å². The number of rotatable bonds is 6. The third kappa shape index (κ3) is 4.82. The Morgan fingerprint density at radius 3 is 2.79 bits per heavy atom. The summed E-state index contributed by atoms with van der Waals surface area (Å²) in [5, 5.41) is 4.31. The Balaban J connectivity index is 1.74. The number of benzene rings is 1. The molecule has 0 spiro atoms. The van der Waals surface area contributed by atoms with Gasteiger partial charge in [0.15, 0.2) is 19.8 Å². The van der Waals surface area contributed by atoms with Gasteiger partial charge in [-0.2, -0.15) is 4.99 Å². The number of nitrogens with one attached hydrogen (secondary N) is 1. The van der Waals surface area contributed by atoms with E-state index < -0.39 is 33.2 Å². The zero-order valence-corrected chi connectivity index (χ0v) is 17.4. The number of carbonyl (C=O) groups is 2. The van der Waals surface area contributed by atoms with Crippen molar-refractivity contribution in [1.29, 1.82) is 0 Å². The van der Waals surface area contributed by atoms with Crippen molar-refractivity contribution in [3.63, 3.8) is 0 Å². The molecule has 2 aromatic heterocycles. The molecule has 0 unspecified atom stereocenters. The molecule has 0 aliphatic rings. The van der Waals surface area contributed by atoms with Gasteiger partial charge in [-0.15, -0.1) is 11.3 Å². The van der Waals surface area contributed by atoms with E-state index in [9.17, 15) is 18.0 Å². The van der Waals surface area contributed by atoms with Crippen LogP contribution in [0.3, 0.4) is 0 Å². The van der Waals surface area contributed by atoms with E-state index in [1.165, 1.54) is 28.9 Å². The zero-order chi connectivity index (χ0) is 20.3. The normalized spacial score (nSPS) is 12.3. The second-order valence-electron chi connectivity index (χ2n) is 5.70. The van der Waals surface area contributed by atoms with E-state index in [0.717, 1.165) is 10.2 Å². The summed E-state index contributed by atoms with van der Waals surface area (Å²) in [6.45, 7) is 0. The number of aryl methyl sites for hydroxylation is 1. The van der Waals surface area contributed by atoms with E-state index in [-0.39, 0.29) is 0 Å². The number of thiazole rings is 2. The maximum Gasteiger partial charge on any atom is 0.263 e. The van der Waals surface area contributed by atoms with Crippen LogP contribution >= 0.6 is 22.7 Å². The fourth-order valence-corrected chi connectivity index (χ4v) is 4.99. The number of anilines is 1. The number of hydrogen-bond donors (Lipinski definition) is 1. The van der Waals surface area contributed by atoms with E-state index in [0.29, 0.717) is 15.7 Å². The Morgan fingerprint density at radius 2 is 2.11 bits per heavy atom. The Morgan fingerprint density at radius 1 is 1.32 bits per heavy atom. The second-order valence-corrected chi connectivity index (χ2v) is 9.67. The van der Waals surface area contributed by atoms with Gasteiger partial charge < -0.3 is 14.6 Å². The van der Waals surface area contributed by atoms with Gasteiger partial charge in [-0.3, -0.25) is 9.59 Å². The molecule has 3 rings (SSSR count). The lowest BCUT2D eigenvalue weighted by molar-refractivity contribution is -0.115. The second kappa shape index (κ2) is 8.20. The lowest BCUT2D eigenvalue weighted by atomic mass is 10.3. The van der Waals surface area contributed by atoms with Gasteiger partial charge in [0.2, 0.25) is 5.91 Å². The predicted molar refractivity (Wildman–Crippen MR) is 107 cm³/mol. The standard InChI is InChI=1S/C16H16N4O5S3/c1-20-11-4-3-10(25-2)7-12(11)27-16(20)19-14(22)9-28(23,24)8-13(21)18-15-17-5-6-26-15/h3-7H,8-9H2,1-2H3,(H,17,18,21). The highest BCUT2D eigenvalue weighted by atomic mass is 32.2. The fourth-order valence-electron chi connectivity index (χ4n) is 2.37. The quantitative estimate of drug-likeness (QED) is 0.615. The van der Waals surface area contributed by atoms with Crippen LogP contribution in [-0.2, 0) is 26.5 Å². The molecule has 2 heterocycles. The number of nitrogens with zero attached hydrogens (tertiary/aromatic N) is 3. The number of fused-ring (bicyclic) bond motifs is 1. The molecule has 0 aliphatic carbocycles. The lowest BCUT2D eigenvalue weighted by Crippen LogP contribution is -2.28. The number of carbonyl (C=O) groups excluding carboxylic acids is 2. The largest absolute Gasteiger partial charge is 0.497 e. The molecule has 1 aromatic carbocycles. The molecule has 28 heavy (non-hydrogen) atoms. The van der Waals surface area contributed by atoms with Crippen LogP contribution in [0.5, 0.6) is 5.75 Å². The van der Waals surface area contributed by atoms with Gasteiger partial charge >= 0.3 is 0 Å². The van der Waals surface area contributed by atoms with Crippen LogP contribution in [0.2, 0.25) is 0 Å². The first-order valence-electron chi connectivity index (χ1n) is 7.88. The van der Waals surface area contributed by atoms with Crippen LogP contribution in [0, 0.1) is 0 Å². The van der Waals surface area contributed by atoms with Gasteiger partial charge in [-0.25, -0.2) is 13.4 Å². The molecule has 0 fully saturated rings. The summed E-state index contributed by atoms with van der Waals surface area (Å²) in [6.07, 6.45) is 1.48. The number of sulfone groups is 1. The highest BCUT2D eigenvalue weighted by Crippen LogP contribution is 2.22. The Labute approximate surface area is 168 Å². The van der Waals surface area contributed by atoms with Crippen molar-refractivity contribution in [2.24, 2.45) is 12.0 Å². The molecule has 0 radical (unpaired) electrons. The average Bonchev–Trinajstić information content (AvgIpc) is 3.21. The van der Waals surface area contributed by atoms with Crippen LogP contribution in [0.1, 0.15) is 0 Å². The summed E-state index contributed by atoms with van der Waals surface area (Å²) in [5.74, 6) is -2.58. The van der Waals surface area contributed by atoms with Crippen LogP contribution < -0.4 is 14.9 Å². The number of hydrogen-bond acceptors (Lipinski definition) is 8. The minimum atomic E-state index is -3.96. The van der Waals surface area contributed by atoms with Gasteiger partial charge in [-0.05, 0) is 18.2 Å². The summed E-state index contributed by atoms with van der Waals surface area (Å²) < 4.78 is 32.0. The van der Waals surface area contributed by atoms with Crippen LogP contribution in [-0.4, -0.2) is 48.4 Å². The molecular weight excluding hydrogens is 424 g/mol. The highest BCUT2D eigenvalue weighted by Gasteiger charge is 2.21. The van der Waals surface area contributed by atoms with Gasteiger partial charge in [0.05, 0.1) is 17.3 Å². The predicted octanol–water partition coefficient (Wildman–Crippen LogP) is 1.19. The van der Waals surface area contributed by atoms with Gasteiger partial charge in [-0.1, -0.05) is 11.3 Å². The molecule has 0 saturated carbocycles. The smallest absolute Gasteiger partial charge is 0.263 e. The summed E-state index contributed by atoms with van der Waals surface area (Å²) in [5.41, 5.74) is 0.836. The minimum Gasteiger partial charge on any atom is -0.497 e. The first-order chi connectivity index (χ1) is 13.3. The van der Waals surface area contributed by atoms with Crippen LogP contribution in [0.15, 0.2) is 34.8 Å². The molecule has 2 amide bonds. The first-order valence-corrected chi connectivity index (χ1v) is 11.4. The van der Waals surface area contributed by atoms with Crippen molar-refractivity contribution < 1.29 is 22.7 Å². The molecule has 12 heteroatoms. The first kappa shape index (κ1) is 20.2. The van der Waals surface area contributed by atoms with Crippen molar-refractivity contribution in [3.05, 3.63) is 34.6 Å². The Hall–Kier alpha value is -2.57. The van der Waals surface area contributed by atoms with Crippen LogP contribution in [0.4, 0.5) is 5.13 Å². The number of ether oxygens (including phenoxy) is 1. The summed E-state index contributed by atoms with van der Waals surface area (Å²) >= 11 is 2.40. The molecule has 9 nitrogen and oxygen atoms in total. The van der Waals surface area contributed by atoms with Crippen molar-refractivity contribution in [2.45, 2.75) is 0 Å². The van der Waals surface area contributed by atoms with E-state index in [4.69, 9.17) is 4.74 Å². The molecule has 0 aliphatic heterocycles. The third-order valence-electron chi connectivity index (χ3n) is 3.61. The maximum atomic E-state index is 12.2. The summed E-state index contributed by atoms with van der Waals surface area (Å²) in [4.78, 5) is 32.1. The summed E-state index contributed by atoms with van der Waals surface area (Å²) in [7, 11) is -0.676. The van der Waals surface area contributed by atoms with E-state index >= 15 is 0 Å². The highest BCUT2D eigenvalue weighted by molar-refractivity contribution is 7.92. The minimum absolute atomic E-state index is 0.295. The van der Waals surface area contributed by atoms with Crippen molar-refractivity contribution >= 4 is 59.7 Å². The zero-order valence-electron chi connectivity index (χ0n) is 14.9. The third-order valence-corrected chi connectivity index (χ3v) is 6.78. The van der Waals surface area contributed by atoms with Crippen molar-refractivity contribution in [1.82, 2.24) is 9.55 Å². The monoisotopic (exact) mass is 440 g/mol. The van der Waals surface area contributed by atoms with E-state index in [1.807, 2.05) is 12.1 Å². The Bertz CT molecular complexity index is 1190. The van der Waals surface area contributed by atoms with Crippen molar-refractivity contribution in [2.75, 3.05) is 23.9 Å². The molecule has 0 atom stereocenters. The topological polar surface area (TPSA) is 120 Å². The molecule has 148 valence electrons. The fraction of sp³-hybridized carbons (Fsp3) is 0.250. The molecule has 1 N–H and O–H groups in total. The Kier molecular flexibility index (Phi) is 5.91. The van der Waals surface area contributed by atoms with E-state index in [2.05, 4.69) is 15.3 Å². The molecule has 0 bridgehead atoms. The van der Waals surface area contributed by atoms with Gasteiger partial charge in [0, 0.05) is 18.6 Å². The van der Waals surface area contributed by atoms with E-state index in [1.54, 1.807) is 30.2 Å². The number of methoxy groups -OCH3 is 1. The molecule has 3 aromatic rings. The number of amides is 2. The molecule has 0 saturated heterocycles. The average molecular weight is 441 g/mol. The van der Waals surface area contributed by atoms with Gasteiger partial charge in [0.25, 0.3) is 5.91 Å².